The number of nitrogens with one attached hydrogen (secondary N) is 2. The van der Waals surface area contributed by atoms with Gasteiger partial charge < -0.3 is 19.7 Å². The van der Waals surface area contributed by atoms with Crippen molar-refractivity contribution in [1.82, 2.24) is 5.43 Å². The lowest BCUT2D eigenvalue weighted by Gasteiger charge is -2.17. The summed E-state index contributed by atoms with van der Waals surface area (Å²) < 4.78 is 12.1. The normalized spacial score (nSPS) is 13.0. The Kier molecular flexibility index (Phi) is 9.15. The quantitative estimate of drug-likeness (QED) is 0.260. The van der Waals surface area contributed by atoms with Gasteiger partial charge in [-0.15, -0.1) is 0 Å². The Bertz CT molecular complexity index is 1240. The van der Waals surface area contributed by atoms with Crippen LogP contribution in [0.2, 0.25) is 0 Å². The second-order valence-electron chi connectivity index (χ2n) is 8.40. The van der Waals surface area contributed by atoms with Gasteiger partial charge in [-0.1, -0.05) is 18.2 Å². The van der Waals surface area contributed by atoms with E-state index in [-0.39, 0.29) is 18.4 Å². The molecule has 1 saturated heterocycles. The van der Waals surface area contributed by atoms with Gasteiger partial charge in [0.2, 0.25) is 0 Å². The molecule has 2 amide bonds. The van der Waals surface area contributed by atoms with Gasteiger partial charge in [0, 0.05) is 40.1 Å². The lowest BCUT2D eigenvalue weighted by molar-refractivity contribution is -0.118. The summed E-state index contributed by atoms with van der Waals surface area (Å²) in [6.07, 6.45) is 3.93. The van der Waals surface area contributed by atoms with Crippen molar-refractivity contribution in [3.8, 4) is 11.5 Å². The minimum absolute atomic E-state index is 0.179. The number of carbonyl (C=O) groups is 2. The first kappa shape index (κ1) is 26.2. The zero-order valence-electron chi connectivity index (χ0n) is 20.6. The highest BCUT2D eigenvalue weighted by Gasteiger charge is 2.14. The molecule has 0 spiro atoms. The smallest absolute Gasteiger partial charge is 0.271 e. The second-order valence-corrected chi connectivity index (χ2v) is 9.25. The predicted molar refractivity (Wildman–Crippen MR) is 149 cm³/mol. The highest BCUT2D eigenvalue weighted by molar-refractivity contribution is 9.10. The third-order valence-corrected chi connectivity index (χ3v) is 6.44. The maximum Gasteiger partial charge on any atom is 0.271 e. The molecule has 1 fully saturated rings. The number of hydrazone groups is 1. The van der Waals surface area contributed by atoms with Crippen molar-refractivity contribution in [3.63, 3.8) is 0 Å². The number of amides is 2. The molecule has 37 heavy (non-hydrogen) atoms. The van der Waals surface area contributed by atoms with Gasteiger partial charge in [-0.2, -0.15) is 5.10 Å². The van der Waals surface area contributed by atoms with Crippen molar-refractivity contribution in [2.75, 3.05) is 36.5 Å². The van der Waals surface area contributed by atoms with Crippen LogP contribution in [-0.2, 0) is 4.79 Å². The van der Waals surface area contributed by atoms with Crippen molar-refractivity contribution in [1.29, 1.82) is 0 Å². The minimum atomic E-state index is -0.297. The molecule has 8 nitrogen and oxygen atoms in total. The topological polar surface area (TPSA) is 92.3 Å². The number of hydrogen-bond donors (Lipinski definition) is 2. The fourth-order valence-electron chi connectivity index (χ4n) is 3.92. The summed E-state index contributed by atoms with van der Waals surface area (Å²) in [6.45, 7) is 4.20. The van der Waals surface area contributed by atoms with Crippen LogP contribution in [0.4, 0.5) is 11.4 Å². The van der Waals surface area contributed by atoms with E-state index in [9.17, 15) is 9.59 Å². The van der Waals surface area contributed by atoms with Gasteiger partial charge in [-0.05, 0) is 84.2 Å². The standard InChI is InChI=1S/C28H29BrN4O4/c1-2-36-25-16-21(24(29)17-26(25)37-19-27(34)31-22-8-4-3-5-9-22)18-30-32-28(35)20-10-12-23(13-11-20)33-14-6-7-15-33/h3-5,8-13,16-18H,2,6-7,14-15,19H2,1H3,(H,31,34)(H,32,35)/b30-18-. The van der Waals surface area contributed by atoms with Gasteiger partial charge in [0.1, 0.15) is 0 Å². The Balaban J connectivity index is 1.36. The van der Waals surface area contributed by atoms with E-state index in [1.807, 2.05) is 49.4 Å². The van der Waals surface area contributed by atoms with E-state index in [2.05, 4.69) is 36.7 Å². The summed E-state index contributed by atoms with van der Waals surface area (Å²) in [5, 5.41) is 6.88. The number of hydrogen-bond acceptors (Lipinski definition) is 6. The molecular formula is C28H29BrN4O4. The molecule has 4 rings (SSSR count). The number of nitrogens with zero attached hydrogens (tertiary/aromatic N) is 2. The van der Waals surface area contributed by atoms with Crippen molar-refractivity contribution >= 4 is 45.3 Å². The molecule has 3 aromatic carbocycles. The van der Waals surface area contributed by atoms with Crippen molar-refractivity contribution < 1.29 is 19.1 Å². The molecule has 0 bridgehead atoms. The fourth-order valence-corrected chi connectivity index (χ4v) is 4.34. The van der Waals surface area contributed by atoms with Crippen LogP contribution in [-0.4, -0.2) is 44.3 Å². The first-order chi connectivity index (χ1) is 18.0. The fraction of sp³-hybridized carbons (Fsp3) is 0.250. The SMILES string of the molecule is CCOc1cc(/C=N\NC(=O)c2ccc(N3CCCC3)cc2)c(Br)cc1OCC(=O)Nc1ccccc1. The third-order valence-electron chi connectivity index (χ3n) is 5.75. The van der Waals surface area contributed by atoms with Crippen molar-refractivity contribution in [3.05, 3.63) is 82.3 Å². The highest BCUT2D eigenvalue weighted by atomic mass is 79.9. The molecule has 1 heterocycles. The summed E-state index contributed by atoms with van der Waals surface area (Å²) in [5.41, 5.74) is 5.60. The maximum atomic E-state index is 12.5. The Hall–Kier alpha value is -3.85. The summed E-state index contributed by atoms with van der Waals surface area (Å²) in [5.74, 6) is 0.293. The van der Waals surface area contributed by atoms with Crippen LogP contribution in [0.1, 0.15) is 35.7 Å². The van der Waals surface area contributed by atoms with E-state index >= 15 is 0 Å². The Morgan fingerprint density at radius 3 is 2.41 bits per heavy atom. The lowest BCUT2D eigenvalue weighted by Crippen LogP contribution is -2.20. The van der Waals surface area contributed by atoms with Crippen molar-refractivity contribution in [2.24, 2.45) is 5.10 Å². The Morgan fingerprint density at radius 2 is 1.70 bits per heavy atom. The molecule has 0 aromatic heterocycles. The number of rotatable bonds is 10. The molecule has 2 N–H and O–H groups in total. The Labute approximate surface area is 224 Å². The number of carbonyl (C=O) groups excluding carboxylic acids is 2. The number of para-hydroxylation sites is 1. The molecule has 0 atom stereocenters. The van der Waals surface area contributed by atoms with E-state index in [0.29, 0.717) is 39.4 Å². The van der Waals surface area contributed by atoms with E-state index in [0.717, 1.165) is 18.8 Å². The predicted octanol–water partition coefficient (Wildman–Crippen LogP) is 5.23. The largest absolute Gasteiger partial charge is 0.490 e. The molecule has 0 unspecified atom stereocenters. The van der Waals surface area contributed by atoms with Gasteiger partial charge in [-0.3, -0.25) is 9.59 Å². The Morgan fingerprint density at radius 1 is 1.00 bits per heavy atom. The van der Waals surface area contributed by atoms with Crippen LogP contribution in [0.25, 0.3) is 0 Å². The van der Waals surface area contributed by atoms with E-state index < -0.39 is 0 Å². The zero-order valence-corrected chi connectivity index (χ0v) is 22.2. The molecule has 0 aliphatic carbocycles. The number of benzene rings is 3. The number of halogens is 1. The highest BCUT2D eigenvalue weighted by Crippen LogP contribution is 2.33. The number of ether oxygens (including phenoxy) is 2. The van der Waals surface area contributed by atoms with Crippen molar-refractivity contribution in [2.45, 2.75) is 19.8 Å². The summed E-state index contributed by atoms with van der Waals surface area (Å²) in [7, 11) is 0. The van der Waals surface area contributed by atoms with Gasteiger partial charge >= 0.3 is 0 Å². The van der Waals surface area contributed by atoms with E-state index in [1.165, 1.54) is 19.1 Å². The average Bonchev–Trinajstić information content (AvgIpc) is 3.45. The van der Waals surface area contributed by atoms with Crippen LogP contribution in [0, 0.1) is 0 Å². The lowest BCUT2D eigenvalue weighted by atomic mass is 10.2. The van der Waals surface area contributed by atoms with Gasteiger partial charge in [0.15, 0.2) is 18.1 Å². The van der Waals surface area contributed by atoms with E-state index in [1.54, 1.807) is 24.3 Å². The summed E-state index contributed by atoms with van der Waals surface area (Å²) >= 11 is 3.50. The second kappa shape index (κ2) is 12.9. The summed E-state index contributed by atoms with van der Waals surface area (Å²) in [6, 6.07) is 20.2. The minimum Gasteiger partial charge on any atom is -0.490 e. The molecule has 1 aliphatic rings. The maximum absolute atomic E-state index is 12.5. The molecule has 192 valence electrons. The van der Waals surface area contributed by atoms with Crippen LogP contribution in [0.15, 0.2) is 76.3 Å². The average molecular weight is 565 g/mol. The summed E-state index contributed by atoms with van der Waals surface area (Å²) in [4.78, 5) is 27.1. The molecule has 0 radical (unpaired) electrons. The third kappa shape index (κ3) is 7.33. The van der Waals surface area contributed by atoms with Crippen LogP contribution < -0.4 is 25.1 Å². The first-order valence-corrected chi connectivity index (χ1v) is 12.9. The van der Waals surface area contributed by atoms with Crippen LogP contribution in [0.3, 0.4) is 0 Å². The number of anilines is 2. The van der Waals surface area contributed by atoms with Gasteiger partial charge in [0.25, 0.3) is 11.8 Å². The molecule has 1 aliphatic heterocycles. The first-order valence-electron chi connectivity index (χ1n) is 12.2. The molecular weight excluding hydrogens is 536 g/mol. The molecule has 3 aromatic rings. The van der Waals surface area contributed by atoms with Crippen LogP contribution in [0.5, 0.6) is 11.5 Å². The van der Waals surface area contributed by atoms with E-state index in [4.69, 9.17) is 9.47 Å². The van der Waals surface area contributed by atoms with Gasteiger partial charge in [0.05, 0.1) is 12.8 Å². The van der Waals surface area contributed by atoms with Crippen LogP contribution >= 0.6 is 15.9 Å². The zero-order chi connectivity index (χ0) is 26.0. The van der Waals surface area contributed by atoms with Gasteiger partial charge in [-0.25, -0.2) is 5.43 Å². The molecule has 9 heteroatoms. The monoisotopic (exact) mass is 564 g/mol. The molecule has 0 saturated carbocycles.